The van der Waals surface area contributed by atoms with Gasteiger partial charge in [0.15, 0.2) is 0 Å². The van der Waals surface area contributed by atoms with Crippen LogP contribution >= 0.6 is 36.1 Å². The van der Waals surface area contributed by atoms with Crippen molar-refractivity contribution in [2.45, 2.75) is 5.75 Å². The summed E-state index contributed by atoms with van der Waals surface area (Å²) in [5.74, 6) is 3.60. The molecule has 3 aromatic carbocycles. The molecule has 3 rings (SSSR count). The van der Waals surface area contributed by atoms with E-state index in [1.54, 1.807) is 43.3 Å². The summed E-state index contributed by atoms with van der Waals surface area (Å²) in [7, 11) is 1.61. The Balaban J connectivity index is 0.00000320. The number of ether oxygens (including phenoxy) is 1. The second-order valence-electron chi connectivity index (χ2n) is 6.46. The number of fused-ring (bicyclic) bond motifs is 1. The SMILES string of the molecule is COc1ccc(C(=O)NCCSNCCSCc2ccc3ccccc3c2)cc1.Cl. The van der Waals surface area contributed by atoms with Crippen LogP contribution in [0, 0.1) is 0 Å². The maximum Gasteiger partial charge on any atom is 0.251 e. The Labute approximate surface area is 193 Å². The molecule has 1 amide bonds. The summed E-state index contributed by atoms with van der Waals surface area (Å²) in [5.41, 5.74) is 2.01. The molecule has 0 atom stereocenters. The van der Waals surface area contributed by atoms with E-state index in [9.17, 15) is 4.79 Å². The smallest absolute Gasteiger partial charge is 0.251 e. The Morgan fingerprint density at radius 1 is 0.933 bits per heavy atom. The van der Waals surface area contributed by atoms with Gasteiger partial charge in [-0.05, 0) is 40.6 Å². The van der Waals surface area contributed by atoms with Gasteiger partial charge >= 0.3 is 0 Å². The molecule has 0 saturated carbocycles. The second kappa shape index (κ2) is 13.4. The highest BCUT2D eigenvalue weighted by Gasteiger charge is 2.04. The molecule has 0 aliphatic carbocycles. The molecular formula is C23H27ClN2O2S2. The van der Waals surface area contributed by atoms with E-state index in [0.717, 1.165) is 29.6 Å². The van der Waals surface area contributed by atoms with Crippen molar-refractivity contribution in [1.29, 1.82) is 0 Å². The number of hydrogen-bond acceptors (Lipinski definition) is 5. The molecule has 0 aliphatic heterocycles. The topological polar surface area (TPSA) is 50.4 Å². The first-order chi connectivity index (χ1) is 14.3. The summed E-state index contributed by atoms with van der Waals surface area (Å²) in [4.78, 5) is 12.0. The Hall–Kier alpha value is -1.86. The van der Waals surface area contributed by atoms with Gasteiger partial charge in [-0.1, -0.05) is 54.4 Å². The van der Waals surface area contributed by atoms with Gasteiger partial charge in [0.2, 0.25) is 0 Å². The first kappa shape index (κ1) is 24.4. The Morgan fingerprint density at radius 2 is 1.70 bits per heavy atom. The molecule has 0 heterocycles. The van der Waals surface area contributed by atoms with Crippen LogP contribution in [-0.2, 0) is 5.75 Å². The molecule has 0 spiro atoms. The van der Waals surface area contributed by atoms with Crippen LogP contribution in [0.25, 0.3) is 10.8 Å². The van der Waals surface area contributed by atoms with Crippen LogP contribution in [0.3, 0.4) is 0 Å². The summed E-state index contributed by atoms with van der Waals surface area (Å²) in [6, 6.07) is 22.3. The standard InChI is InChI=1S/C23H26N2O2S2.ClH/c1-27-22-10-8-20(9-11-22)23(26)24-12-15-29-25-13-14-28-17-18-6-7-19-4-2-3-5-21(19)16-18;/h2-11,16,25H,12-15,17H2,1H3,(H,24,26);1H. The lowest BCUT2D eigenvalue weighted by molar-refractivity contribution is 0.0956. The number of halogens is 1. The third-order valence-electron chi connectivity index (χ3n) is 4.38. The number of rotatable bonds is 11. The van der Waals surface area contributed by atoms with E-state index in [1.807, 2.05) is 11.8 Å². The Morgan fingerprint density at radius 3 is 2.47 bits per heavy atom. The van der Waals surface area contributed by atoms with Gasteiger partial charge in [-0.3, -0.25) is 9.52 Å². The minimum absolute atomic E-state index is 0. The first-order valence-corrected chi connectivity index (χ1v) is 11.7. The molecular weight excluding hydrogens is 436 g/mol. The van der Waals surface area contributed by atoms with Gasteiger partial charge in [-0.15, -0.1) is 12.4 Å². The van der Waals surface area contributed by atoms with Crippen molar-refractivity contribution in [2.75, 3.05) is 31.7 Å². The van der Waals surface area contributed by atoms with Gasteiger partial charge in [-0.2, -0.15) is 11.8 Å². The zero-order valence-electron chi connectivity index (χ0n) is 16.9. The zero-order valence-corrected chi connectivity index (χ0v) is 19.4. The van der Waals surface area contributed by atoms with E-state index in [0.29, 0.717) is 12.1 Å². The molecule has 160 valence electrons. The van der Waals surface area contributed by atoms with Gasteiger partial charge in [0.1, 0.15) is 5.75 Å². The summed E-state index contributed by atoms with van der Waals surface area (Å²) >= 11 is 3.57. The van der Waals surface area contributed by atoms with Crippen LogP contribution in [0.5, 0.6) is 5.75 Å². The maximum atomic E-state index is 12.0. The number of carbonyl (C=O) groups excluding carboxylic acids is 1. The molecule has 0 aromatic heterocycles. The summed E-state index contributed by atoms with van der Waals surface area (Å²) in [6.07, 6.45) is 0. The quantitative estimate of drug-likeness (QED) is 0.304. The maximum absolute atomic E-state index is 12.0. The number of methoxy groups -OCH3 is 1. The molecule has 0 bridgehead atoms. The fraction of sp³-hybridized carbons (Fsp3) is 0.261. The first-order valence-electron chi connectivity index (χ1n) is 9.58. The van der Waals surface area contributed by atoms with Gasteiger partial charge < -0.3 is 10.1 Å². The van der Waals surface area contributed by atoms with Crippen LogP contribution < -0.4 is 14.8 Å². The van der Waals surface area contributed by atoms with Crippen molar-refractivity contribution in [1.82, 2.24) is 10.0 Å². The molecule has 4 nitrogen and oxygen atoms in total. The average molecular weight is 463 g/mol. The second-order valence-corrected chi connectivity index (χ2v) is 8.55. The van der Waals surface area contributed by atoms with Crippen LogP contribution in [0.15, 0.2) is 66.7 Å². The van der Waals surface area contributed by atoms with E-state index in [2.05, 4.69) is 52.5 Å². The summed E-state index contributed by atoms with van der Waals surface area (Å²) in [6.45, 7) is 1.57. The highest BCUT2D eigenvalue weighted by Crippen LogP contribution is 2.19. The largest absolute Gasteiger partial charge is 0.497 e. The van der Waals surface area contributed by atoms with Crippen molar-refractivity contribution in [3.63, 3.8) is 0 Å². The van der Waals surface area contributed by atoms with Crippen molar-refractivity contribution in [3.05, 3.63) is 77.9 Å². The average Bonchev–Trinajstić information content (AvgIpc) is 2.77. The number of hydrogen-bond donors (Lipinski definition) is 2. The fourth-order valence-electron chi connectivity index (χ4n) is 2.84. The Kier molecular flexibility index (Phi) is 10.9. The van der Waals surface area contributed by atoms with Crippen molar-refractivity contribution in [3.8, 4) is 5.75 Å². The van der Waals surface area contributed by atoms with Crippen molar-refractivity contribution < 1.29 is 9.53 Å². The third-order valence-corrected chi connectivity index (χ3v) is 6.22. The van der Waals surface area contributed by atoms with Gasteiger partial charge in [0, 0.05) is 35.9 Å². The van der Waals surface area contributed by atoms with Gasteiger partial charge in [0.25, 0.3) is 5.91 Å². The summed E-state index contributed by atoms with van der Waals surface area (Å²) in [5, 5.41) is 5.52. The highest BCUT2D eigenvalue weighted by molar-refractivity contribution is 7.98. The lowest BCUT2D eigenvalue weighted by atomic mass is 10.1. The van der Waals surface area contributed by atoms with Crippen LogP contribution in [-0.4, -0.2) is 37.6 Å². The number of carbonyl (C=O) groups is 1. The van der Waals surface area contributed by atoms with Crippen LogP contribution in [0.4, 0.5) is 0 Å². The van der Waals surface area contributed by atoms with Crippen LogP contribution in [0.1, 0.15) is 15.9 Å². The zero-order chi connectivity index (χ0) is 20.3. The van der Waals surface area contributed by atoms with Crippen LogP contribution in [0.2, 0.25) is 0 Å². The van der Waals surface area contributed by atoms with E-state index in [1.165, 1.54) is 16.3 Å². The predicted octanol–water partition coefficient (Wildman–Crippen LogP) is 5.17. The molecule has 0 aliphatic rings. The lowest BCUT2D eigenvalue weighted by Crippen LogP contribution is -2.26. The van der Waals surface area contributed by atoms with E-state index >= 15 is 0 Å². The fourth-order valence-corrected chi connectivity index (χ4v) is 4.37. The number of thioether (sulfide) groups is 1. The number of nitrogens with one attached hydrogen (secondary N) is 2. The Bertz CT molecular complexity index is 922. The van der Waals surface area contributed by atoms with Crippen molar-refractivity contribution >= 4 is 52.8 Å². The molecule has 0 radical (unpaired) electrons. The van der Waals surface area contributed by atoms with E-state index in [4.69, 9.17) is 4.74 Å². The number of amides is 1. The number of benzene rings is 3. The molecule has 7 heteroatoms. The molecule has 0 saturated heterocycles. The van der Waals surface area contributed by atoms with E-state index in [-0.39, 0.29) is 18.3 Å². The molecule has 0 unspecified atom stereocenters. The van der Waals surface area contributed by atoms with Gasteiger partial charge in [-0.25, -0.2) is 0 Å². The summed E-state index contributed by atoms with van der Waals surface area (Å²) < 4.78 is 8.46. The highest BCUT2D eigenvalue weighted by atomic mass is 35.5. The monoisotopic (exact) mass is 462 g/mol. The predicted molar refractivity (Wildman–Crippen MR) is 133 cm³/mol. The lowest BCUT2D eigenvalue weighted by Gasteiger charge is -2.07. The molecule has 30 heavy (non-hydrogen) atoms. The normalized spacial score (nSPS) is 10.4. The third kappa shape index (κ3) is 7.76. The minimum atomic E-state index is -0.0563. The van der Waals surface area contributed by atoms with E-state index < -0.39 is 0 Å². The molecule has 0 fully saturated rings. The van der Waals surface area contributed by atoms with Crippen molar-refractivity contribution in [2.24, 2.45) is 0 Å². The van der Waals surface area contributed by atoms with Gasteiger partial charge in [0.05, 0.1) is 7.11 Å². The molecule has 3 aromatic rings. The minimum Gasteiger partial charge on any atom is -0.497 e. The molecule has 2 N–H and O–H groups in total.